The third-order valence-corrected chi connectivity index (χ3v) is 2.41. The second kappa shape index (κ2) is 6.76. The summed E-state index contributed by atoms with van der Waals surface area (Å²) in [5.41, 5.74) is 2.15. The van der Waals surface area contributed by atoms with E-state index in [-0.39, 0.29) is 18.6 Å². The molecule has 0 saturated carbocycles. The maximum absolute atomic E-state index is 11.4. The molecule has 0 fully saturated rings. The predicted molar refractivity (Wildman–Crippen MR) is 66.2 cm³/mol. The molecule has 0 saturated heterocycles. The Morgan fingerprint density at radius 3 is 2.44 bits per heavy atom. The fourth-order valence-electron chi connectivity index (χ4n) is 1.45. The van der Waals surface area contributed by atoms with Crippen LogP contribution in [0.25, 0.3) is 0 Å². The van der Waals surface area contributed by atoms with E-state index >= 15 is 0 Å². The lowest BCUT2D eigenvalue weighted by molar-refractivity contribution is -0.143. The molecular weight excluding hydrogens is 234 g/mol. The molecule has 1 rings (SSSR count). The van der Waals surface area contributed by atoms with Crippen LogP contribution in [0.2, 0.25) is 0 Å². The molecule has 0 bridgehead atoms. The first-order valence-corrected chi connectivity index (χ1v) is 5.64. The number of carboxylic acid groups (broad SMARTS) is 1. The lowest BCUT2D eigenvalue weighted by Crippen LogP contribution is -2.30. The standard InChI is InChI=1S/C13H17NO4/c1-9-3-5-11(6-4-9)10(2)14-12(15)7-18-8-13(16)17/h3-6,10H,7-8H2,1-2H3,(H,14,15)(H,16,17)/t10-/m1/s1. The first kappa shape index (κ1) is 14.2. The van der Waals surface area contributed by atoms with Gasteiger partial charge in [-0.05, 0) is 19.4 Å². The van der Waals surface area contributed by atoms with Gasteiger partial charge in [-0.3, -0.25) is 4.79 Å². The number of aliphatic carboxylic acids is 1. The summed E-state index contributed by atoms with van der Waals surface area (Å²) < 4.78 is 4.70. The number of carbonyl (C=O) groups excluding carboxylic acids is 1. The van der Waals surface area contributed by atoms with Gasteiger partial charge in [-0.1, -0.05) is 29.8 Å². The van der Waals surface area contributed by atoms with Gasteiger partial charge in [-0.2, -0.15) is 0 Å². The second-order valence-electron chi connectivity index (χ2n) is 4.09. The van der Waals surface area contributed by atoms with Gasteiger partial charge in [0.05, 0.1) is 6.04 Å². The molecule has 0 aliphatic carbocycles. The van der Waals surface area contributed by atoms with Crippen molar-refractivity contribution in [1.82, 2.24) is 5.32 Å². The molecule has 0 aliphatic rings. The summed E-state index contributed by atoms with van der Waals surface area (Å²) in [6.07, 6.45) is 0. The Bertz CT molecular complexity index is 414. The quantitative estimate of drug-likeness (QED) is 0.798. The lowest BCUT2D eigenvalue weighted by Gasteiger charge is -2.14. The maximum Gasteiger partial charge on any atom is 0.329 e. The van der Waals surface area contributed by atoms with Crippen molar-refractivity contribution in [2.24, 2.45) is 0 Å². The zero-order chi connectivity index (χ0) is 13.5. The third-order valence-electron chi connectivity index (χ3n) is 2.41. The first-order chi connectivity index (χ1) is 8.49. The van der Waals surface area contributed by atoms with Crippen molar-refractivity contribution in [3.05, 3.63) is 35.4 Å². The van der Waals surface area contributed by atoms with Crippen LogP contribution in [0.5, 0.6) is 0 Å². The minimum absolute atomic E-state index is 0.133. The zero-order valence-corrected chi connectivity index (χ0v) is 10.5. The molecule has 0 heterocycles. The largest absolute Gasteiger partial charge is 0.480 e. The second-order valence-corrected chi connectivity index (χ2v) is 4.09. The van der Waals surface area contributed by atoms with Crippen LogP contribution in [0.4, 0.5) is 0 Å². The van der Waals surface area contributed by atoms with Crippen molar-refractivity contribution in [3.8, 4) is 0 Å². The van der Waals surface area contributed by atoms with Crippen LogP contribution in [0.1, 0.15) is 24.1 Å². The number of benzene rings is 1. The minimum Gasteiger partial charge on any atom is -0.480 e. The van der Waals surface area contributed by atoms with Crippen molar-refractivity contribution in [1.29, 1.82) is 0 Å². The Hall–Kier alpha value is -1.88. The van der Waals surface area contributed by atoms with Crippen molar-refractivity contribution in [2.45, 2.75) is 19.9 Å². The molecule has 98 valence electrons. The SMILES string of the molecule is Cc1ccc([C@@H](C)NC(=O)COCC(=O)O)cc1. The Balaban J connectivity index is 2.39. The molecule has 5 nitrogen and oxygen atoms in total. The number of carboxylic acids is 1. The van der Waals surface area contributed by atoms with E-state index in [9.17, 15) is 9.59 Å². The van der Waals surface area contributed by atoms with Crippen LogP contribution in [0.15, 0.2) is 24.3 Å². The molecule has 1 aromatic rings. The summed E-state index contributed by atoms with van der Waals surface area (Å²) in [5.74, 6) is -1.42. The summed E-state index contributed by atoms with van der Waals surface area (Å²) >= 11 is 0. The summed E-state index contributed by atoms with van der Waals surface area (Å²) in [7, 11) is 0. The Labute approximate surface area is 106 Å². The van der Waals surface area contributed by atoms with Gasteiger partial charge in [0.25, 0.3) is 0 Å². The third kappa shape index (κ3) is 4.97. The molecule has 0 spiro atoms. The van der Waals surface area contributed by atoms with E-state index < -0.39 is 12.6 Å². The number of aryl methyl sites for hydroxylation is 1. The number of carbonyl (C=O) groups is 2. The smallest absolute Gasteiger partial charge is 0.329 e. The number of amides is 1. The molecule has 2 N–H and O–H groups in total. The highest BCUT2D eigenvalue weighted by Crippen LogP contribution is 2.12. The van der Waals surface area contributed by atoms with E-state index in [2.05, 4.69) is 5.32 Å². The Morgan fingerprint density at radius 2 is 1.89 bits per heavy atom. The van der Waals surface area contributed by atoms with Crippen molar-refractivity contribution in [2.75, 3.05) is 13.2 Å². The van der Waals surface area contributed by atoms with E-state index in [0.29, 0.717) is 0 Å². The highest BCUT2D eigenvalue weighted by Gasteiger charge is 2.09. The van der Waals surface area contributed by atoms with Crippen LogP contribution in [-0.2, 0) is 14.3 Å². The van der Waals surface area contributed by atoms with Gasteiger partial charge in [-0.25, -0.2) is 4.79 Å². The highest BCUT2D eigenvalue weighted by molar-refractivity contribution is 5.78. The van der Waals surface area contributed by atoms with Gasteiger partial charge in [0, 0.05) is 0 Å². The van der Waals surface area contributed by atoms with Gasteiger partial charge in [0.15, 0.2) is 0 Å². The first-order valence-electron chi connectivity index (χ1n) is 5.64. The van der Waals surface area contributed by atoms with Crippen molar-refractivity contribution >= 4 is 11.9 Å². The summed E-state index contributed by atoms with van der Waals surface area (Å²) in [6, 6.07) is 7.70. The molecule has 1 aromatic carbocycles. The monoisotopic (exact) mass is 251 g/mol. The van der Waals surface area contributed by atoms with Crippen LogP contribution in [-0.4, -0.2) is 30.2 Å². The van der Waals surface area contributed by atoms with E-state index in [0.717, 1.165) is 11.1 Å². The van der Waals surface area contributed by atoms with Crippen LogP contribution >= 0.6 is 0 Å². The molecule has 1 amide bonds. The summed E-state index contributed by atoms with van der Waals surface area (Å²) in [5, 5.41) is 11.1. The molecule has 0 unspecified atom stereocenters. The van der Waals surface area contributed by atoms with E-state index in [1.807, 2.05) is 38.1 Å². The fourth-order valence-corrected chi connectivity index (χ4v) is 1.45. The summed E-state index contributed by atoms with van der Waals surface area (Å²) in [4.78, 5) is 21.6. The van der Waals surface area contributed by atoms with Gasteiger partial charge >= 0.3 is 5.97 Å². The number of rotatable bonds is 6. The average molecular weight is 251 g/mol. The Kier molecular flexibility index (Phi) is 5.32. The topological polar surface area (TPSA) is 75.6 Å². The normalized spacial score (nSPS) is 11.9. The van der Waals surface area contributed by atoms with Crippen LogP contribution in [0.3, 0.4) is 0 Å². The number of hydrogen-bond donors (Lipinski definition) is 2. The number of ether oxygens (including phenoxy) is 1. The lowest BCUT2D eigenvalue weighted by atomic mass is 10.1. The van der Waals surface area contributed by atoms with E-state index in [1.165, 1.54) is 0 Å². The molecule has 5 heteroatoms. The van der Waals surface area contributed by atoms with Crippen molar-refractivity contribution < 1.29 is 19.4 Å². The van der Waals surface area contributed by atoms with E-state index in [1.54, 1.807) is 0 Å². The molecule has 18 heavy (non-hydrogen) atoms. The predicted octanol–water partition coefficient (Wildman–Crippen LogP) is 1.27. The van der Waals surface area contributed by atoms with Gasteiger partial charge in [0.2, 0.25) is 5.91 Å². The molecular formula is C13H17NO4. The van der Waals surface area contributed by atoms with Crippen molar-refractivity contribution in [3.63, 3.8) is 0 Å². The van der Waals surface area contributed by atoms with E-state index in [4.69, 9.17) is 9.84 Å². The summed E-state index contributed by atoms with van der Waals surface area (Å²) in [6.45, 7) is 3.14. The molecule has 0 aliphatic heterocycles. The average Bonchev–Trinajstić information content (AvgIpc) is 2.29. The maximum atomic E-state index is 11.4. The zero-order valence-electron chi connectivity index (χ0n) is 10.5. The van der Waals surface area contributed by atoms with Gasteiger partial charge < -0.3 is 15.2 Å². The molecule has 1 atom stereocenters. The Morgan fingerprint density at radius 1 is 1.28 bits per heavy atom. The van der Waals surface area contributed by atoms with Gasteiger partial charge in [0.1, 0.15) is 13.2 Å². The molecule has 0 radical (unpaired) electrons. The number of nitrogens with one attached hydrogen (secondary N) is 1. The van der Waals surface area contributed by atoms with Crippen LogP contribution < -0.4 is 5.32 Å². The minimum atomic E-state index is -1.09. The number of hydrogen-bond acceptors (Lipinski definition) is 3. The van der Waals surface area contributed by atoms with Gasteiger partial charge in [-0.15, -0.1) is 0 Å². The fraction of sp³-hybridized carbons (Fsp3) is 0.385. The highest BCUT2D eigenvalue weighted by atomic mass is 16.5. The molecule has 0 aromatic heterocycles. The van der Waals surface area contributed by atoms with Crippen LogP contribution in [0, 0.1) is 6.92 Å².